The van der Waals surface area contributed by atoms with Crippen molar-refractivity contribution >= 4 is 23.2 Å². The van der Waals surface area contributed by atoms with Crippen molar-refractivity contribution in [2.45, 2.75) is 71.1 Å². The Morgan fingerprint density at radius 1 is 1.40 bits per heavy atom. The zero-order valence-electron chi connectivity index (χ0n) is 18.7. The number of fused-ring (bicyclic) bond motifs is 2. The highest BCUT2D eigenvalue weighted by Gasteiger charge is 2.45. The zero-order chi connectivity index (χ0) is 21.5. The Morgan fingerprint density at radius 2 is 2.17 bits per heavy atom. The van der Waals surface area contributed by atoms with E-state index in [-0.39, 0.29) is 17.4 Å². The lowest BCUT2D eigenvalue weighted by Crippen LogP contribution is -2.60. The number of hydrogen-bond acceptors (Lipinski definition) is 5. The Hall–Kier alpha value is -1.44. The second kappa shape index (κ2) is 8.60. The summed E-state index contributed by atoms with van der Waals surface area (Å²) in [6, 6.07) is 2.44. The van der Waals surface area contributed by atoms with Crippen molar-refractivity contribution in [2.75, 3.05) is 32.8 Å². The third-order valence-corrected chi connectivity index (χ3v) is 8.35. The monoisotopic (exact) mass is 433 g/mol. The lowest BCUT2D eigenvalue weighted by atomic mass is 9.79. The number of amides is 2. The van der Waals surface area contributed by atoms with E-state index < -0.39 is 6.04 Å². The minimum Gasteiger partial charge on any atom is -0.370 e. The summed E-state index contributed by atoms with van der Waals surface area (Å²) in [5, 5.41) is 2.69. The van der Waals surface area contributed by atoms with Crippen LogP contribution in [-0.4, -0.2) is 66.5 Å². The molecule has 166 valence electrons. The van der Waals surface area contributed by atoms with Crippen molar-refractivity contribution in [3.05, 3.63) is 21.4 Å². The number of ether oxygens (including phenoxy) is 1. The molecule has 0 bridgehead atoms. The van der Waals surface area contributed by atoms with Gasteiger partial charge in [0.25, 0.3) is 0 Å². The largest absolute Gasteiger partial charge is 0.370 e. The fourth-order valence-electron chi connectivity index (χ4n) is 5.38. The van der Waals surface area contributed by atoms with Gasteiger partial charge in [-0.1, -0.05) is 6.92 Å². The van der Waals surface area contributed by atoms with Gasteiger partial charge in [0.15, 0.2) is 0 Å². The normalized spacial score (nSPS) is 28.1. The first-order chi connectivity index (χ1) is 14.3. The molecule has 6 nitrogen and oxygen atoms in total. The summed E-state index contributed by atoms with van der Waals surface area (Å²) in [7, 11) is 0. The third kappa shape index (κ3) is 4.16. The Morgan fingerprint density at radius 3 is 2.83 bits per heavy atom. The number of rotatable bonds is 5. The molecule has 4 rings (SSSR count). The maximum atomic E-state index is 12.4. The number of carbonyl (C=O) groups is 2. The van der Waals surface area contributed by atoms with Gasteiger partial charge in [-0.2, -0.15) is 0 Å². The number of carbonyl (C=O) groups excluding carboxylic acids is 2. The molecule has 2 fully saturated rings. The van der Waals surface area contributed by atoms with Gasteiger partial charge in [-0.15, -0.1) is 11.3 Å². The molecule has 1 aromatic rings. The molecule has 1 spiro atoms. The SMILES string of the molecule is CCc1cc2c(s1)CCO[C@@]21CCN(CC2CN(C(=O)[C@H](C)NC(C)=O)C2)[C@@H](C)C1. The van der Waals surface area contributed by atoms with Gasteiger partial charge in [0.05, 0.1) is 12.2 Å². The van der Waals surface area contributed by atoms with Crippen molar-refractivity contribution < 1.29 is 14.3 Å². The fourth-order valence-corrected chi connectivity index (χ4v) is 6.56. The highest BCUT2D eigenvalue weighted by molar-refractivity contribution is 7.12. The topological polar surface area (TPSA) is 61.9 Å². The number of hydrogen-bond donors (Lipinski definition) is 1. The molecule has 0 aliphatic carbocycles. The number of likely N-dealkylation sites (tertiary alicyclic amines) is 2. The van der Waals surface area contributed by atoms with Gasteiger partial charge >= 0.3 is 0 Å². The average molecular weight is 434 g/mol. The van der Waals surface area contributed by atoms with Crippen LogP contribution in [0.25, 0.3) is 0 Å². The summed E-state index contributed by atoms with van der Waals surface area (Å²) in [5.74, 6) is 0.388. The maximum Gasteiger partial charge on any atom is 0.244 e. The lowest BCUT2D eigenvalue weighted by molar-refractivity contribution is -0.143. The van der Waals surface area contributed by atoms with Gasteiger partial charge in [-0.3, -0.25) is 9.59 Å². The Bertz CT molecular complexity index is 804. The predicted octanol–water partition coefficient (Wildman–Crippen LogP) is 2.55. The second-order valence-electron chi connectivity index (χ2n) is 9.33. The van der Waals surface area contributed by atoms with Gasteiger partial charge in [-0.05, 0) is 44.7 Å². The van der Waals surface area contributed by atoms with Gasteiger partial charge in [-0.25, -0.2) is 0 Å². The highest BCUT2D eigenvalue weighted by Crippen LogP contribution is 2.46. The fraction of sp³-hybridized carbons (Fsp3) is 0.739. The summed E-state index contributed by atoms with van der Waals surface area (Å²) in [5.41, 5.74) is 1.37. The predicted molar refractivity (Wildman–Crippen MR) is 119 cm³/mol. The third-order valence-electron chi connectivity index (χ3n) is 7.01. The molecular formula is C23H35N3O3S. The number of nitrogens with one attached hydrogen (secondary N) is 1. The maximum absolute atomic E-state index is 12.4. The molecule has 30 heavy (non-hydrogen) atoms. The van der Waals surface area contributed by atoms with Crippen LogP contribution in [-0.2, 0) is 32.8 Å². The van der Waals surface area contributed by atoms with Crippen LogP contribution >= 0.6 is 11.3 Å². The van der Waals surface area contributed by atoms with Gasteiger partial charge in [0, 0.05) is 61.2 Å². The second-order valence-corrected chi connectivity index (χ2v) is 10.5. The number of nitrogens with zero attached hydrogens (tertiary/aromatic N) is 2. The van der Waals surface area contributed by atoms with Crippen LogP contribution in [0.1, 0.15) is 55.9 Å². The van der Waals surface area contributed by atoms with E-state index in [2.05, 4.69) is 30.1 Å². The van der Waals surface area contributed by atoms with Crippen LogP contribution in [0, 0.1) is 5.92 Å². The minimum atomic E-state index is -0.437. The molecule has 2 amide bonds. The molecule has 0 unspecified atom stereocenters. The van der Waals surface area contributed by atoms with Crippen LogP contribution in [0.3, 0.4) is 0 Å². The molecular weight excluding hydrogens is 398 g/mol. The molecule has 0 saturated carbocycles. The molecule has 1 N–H and O–H groups in total. The summed E-state index contributed by atoms with van der Waals surface area (Å²) >= 11 is 1.98. The van der Waals surface area contributed by atoms with Crippen LogP contribution in [0.5, 0.6) is 0 Å². The standard InChI is InChI=1S/C23H35N3O3S/c1-5-19-10-20-21(30-19)6-9-29-23(20)7-8-25(15(2)11-23)12-18-13-26(14-18)22(28)16(3)24-17(4)27/h10,15-16,18H,5-9,11-14H2,1-4H3,(H,24,27)/t15-,16-,23+/m0/s1. The number of piperidine rings is 1. The van der Waals surface area contributed by atoms with E-state index in [0.717, 1.165) is 58.5 Å². The van der Waals surface area contributed by atoms with Crippen molar-refractivity contribution in [3.8, 4) is 0 Å². The zero-order valence-corrected chi connectivity index (χ0v) is 19.5. The molecule has 0 radical (unpaired) electrons. The molecule has 2 saturated heterocycles. The molecule has 0 aromatic carbocycles. The molecule has 3 aliphatic rings. The summed E-state index contributed by atoms with van der Waals surface area (Å²) < 4.78 is 6.45. The first kappa shape index (κ1) is 21.8. The van der Waals surface area contributed by atoms with Crippen molar-refractivity contribution in [3.63, 3.8) is 0 Å². The van der Waals surface area contributed by atoms with E-state index in [9.17, 15) is 9.59 Å². The van der Waals surface area contributed by atoms with E-state index in [1.807, 2.05) is 16.2 Å². The number of thiophene rings is 1. The average Bonchev–Trinajstić information content (AvgIpc) is 3.10. The minimum absolute atomic E-state index is 0.0272. The van der Waals surface area contributed by atoms with Crippen molar-refractivity contribution in [1.29, 1.82) is 0 Å². The van der Waals surface area contributed by atoms with E-state index in [0.29, 0.717) is 12.0 Å². The lowest BCUT2D eigenvalue weighted by Gasteiger charge is -2.50. The van der Waals surface area contributed by atoms with E-state index in [4.69, 9.17) is 4.74 Å². The first-order valence-corrected chi connectivity index (χ1v) is 12.2. The van der Waals surface area contributed by atoms with Crippen LogP contribution < -0.4 is 5.32 Å². The van der Waals surface area contributed by atoms with E-state index >= 15 is 0 Å². The first-order valence-electron chi connectivity index (χ1n) is 11.4. The molecule has 3 aliphatic heterocycles. The quantitative estimate of drug-likeness (QED) is 0.775. The highest BCUT2D eigenvalue weighted by atomic mass is 32.1. The molecule has 1 aromatic heterocycles. The van der Waals surface area contributed by atoms with E-state index in [1.165, 1.54) is 17.4 Å². The van der Waals surface area contributed by atoms with Crippen LogP contribution in [0.15, 0.2) is 6.07 Å². The van der Waals surface area contributed by atoms with Crippen molar-refractivity contribution in [1.82, 2.24) is 15.1 Å². The Balaban J connectivity index is 1.31. The van der Waals surface area contributed by atoms with Crippen LogP contribution in [0.4, 0.5) is 0 Å². The molecule has 7 heteroatoms. The summed E-state index contributed by atoms with van der Waals surface area (Å²) in [6.07, 6.45) is 4.27. The van der Waals surface area contributed by atoms with E-state index in [1.54, 1.807) is 11.8 Å². The van der Waals surface area contributed by atoms with Gasteiger partial charge in [0.2, 0.25) is 11.8 Å². The van der Waals surface area contributed by atoms with Gasteiger partial charge < -0.3 is 19.9 Å². The Labute approximate surface area is 183 Å². The molecule has 4 heterocycles. The van der Waals surface area contributed by atoms with Crippen LogP contribution in [0.2, 0.25) is 0 Å². The number of aryl methyl sites for hydroxylation is 1. The molecule has 3 atom stereocenters. The summed E-state index contributed by atoms with van der Waals surface area (Å²) in [4.78, 5) is 31.0. The summed E-state index contributed by atoms with van der Waals surface area (Å²) in [6.45, 7) is 12.3. The van der Waals surface area contributed by atoms with Crippen molar-refractivity contribution in [2.24, 2.45) is 5.92 Å². The van der Waals surface area contributed by atoms with Gasteiger partial charge in [0.1, 0.15) is 6.04 Å². The Kier molecular flexibility index (Phi) is 6.24. The smallest absolute Gasteiger partial charge is 0.244 e.